The van der Waals surface area contributed by atoms with Crippen molar-refractivity contribution in [3.05, 3.63) is 63.9 Å². The van der Waals surface area contributed by atoms with E-state index in [0.29, 0.717) is 19.7 Å². The predicted molar refractivity (Wildman–Crippen MR) is 85.8 cm³/mol. The van der Waals surface area contributed by atoms with E-state index >= 15 is 0 Å². The van der Waals surface area contributed by atoms with Gasteiger partial charge in [0.15, 0.2) is 5.76 Å². The summed E-state index contributed by atoms with van der Waals surface area (Å²) in [5.41, 5.74) is 1.23. The van der Waals surface area contributed by atoms with Gasteiger partial charge in [0.2, 0.25) is 0 Å². The van der Waals surface area contributed by atoms with Crippen molar-refractivity contribution in [2.75, 3.05) is 19.7 Å². The molecule has 1 aliphatic rings. The minimum absolute atomic E-state index is 0.00888. The van der Waals surface area contributed by atoms with Gasteiger partial charge in [-0.25, -0.2) is 0 Å². The first-order valence-electron chi connectivity index (χ1n) is 7.82. The van der Waals surface area contributed by atoms with Crippen LogP contribution in [0, 0.1) is 10.1 Å². The van der Waals surface area contributed by atoms with Gasteiger partial charge in [0, 0.05) is 13.1 Å². The zero-order valence-electron chi connectivity index (χ0n) is 13.1. The molecule has 1 fully saturated rings. The third-order valence-electron chi connectivity index (χ3n) is 4.01. The Kier molecular flexibility index (Phi) is 4.90. The lowest BCUT2D eigenvalue weighted by molar-refractivity contribution is -0.402. The molecule has 0 spiro atoms. The van der Waals surface area contributed by atoms with E-state index in [9.17, 15) is 14.9 Å². The molecule has 1 aromatic carbocycles. The van der Waals surface area contributed by atoms with Crippen molar-refractivity contribution in [1.29, 1.82) is 0 Å². The predicted octanol–water partition coefficient (Wildman–Crippen LogP) is 2.66. The second-order valence-electron chi connectivity index (χ2n) is 5.66. The van der Waals surface area contributed by atoms with Gasteiger partial charge in [0.1, 0.15) is 4.92 Å². The van der Waals surface area contributed by atoms with E-state index in [1.54, 1.807) is 4.90 Å². The summed E-state index contributed by atoms with van der Waals surface area (Å²) in [5, 5.41) is 10.7. The number of furan rings is 1. The van der Waals surface area contributed by atoms with E-state index in [0.717, 1.165) is 12.8 Å². The van der Waals surface area contributed by atoms with Crippen molar-refractivity contribution in [2.45, 2.75) is 18.9 Å². The van der Waals surface area contributed by atoms with Crippen molar-refractivity contribution in [1.82, 2.24) is 4.90 Å². The standard InChI is InChI=1S/C17H18N2O5/c20-17(15-8-9-16(24-15)19(21)22)18-10-11-23-14(12-18)7-6-13-4-2-1-3-5-13/h1-5,8-9,14H,6-7,10-12H2. The highest BCUT2D eigenvalue weighted by Gasteiger charge is 2.28. The van der Waals surface area contributed by atoms with Crippen LogP contribution < -0.4 is 0 Å². The number of aryl methyl sites for hydroxylation is 1. The molecule has 1 unspecified atom stereocenters. The summed E-state index contributed by atoms with van der Waals surface area (Å²) in [6, 6.07) is 12.6. The van der Waals surface area contributed by atoms with E-state index in [-0.39, 0.29) is 17.8 Å². The number of benzene rings is 1. The van der Waals surface area contributed by atoms with Crippen LogP contribution in [0.5, 0.6) is 0 Å². The van der Waals surface area contributed by atoms with Crippen LogP contribution in [0.1, 0.15) is 22.5 Å². The normalized spacial score (nSPS) is 17.7. The van der Waals surface area contributed by atoms with Gasteiger partial charge in [-0.1, -0.05) is 30.3 Å². The lowest BCUT2D eigenvalue weighted by atomic mass is 10.1. The Balaban J connectivity index is 1.58. The van der Waals surface area contributed by atoms with E-state index in [2.05, 4.69) is 12.1 Å². The summed E-state index contributed by atoms with van der Waals surface area (Å²) in [6.07, 6.45) is 1.64. The van der Waals surface area contributed by atoms with Crippen molar-refractivity contribution < 1.29 is 18.9 Å². The molecule has 1 aromatic heterocycles. The third-order valence-corrected chi connectivity index (χ3v) is 4.01. The van der Waals surface area contributed by atoms with E-state index in [1.807, 2.05) is 18.2 Å². The number of carbonyl (C=O) groups excluding carboxylic acids is 1. The number of hydrogen-bond acceptors (Lipinski definition) is 5. The van der Waals surface area contributed by atoms with Gasteiger partial charge < -0.3 is 14.1 Å². The fourth-order valence-corrected chi connectivity index (χ4v) is 2.75. The summed E-state index contributed by atoms with van der Waals surface area (Å²) in [5.74, 6) is -0.770. The molecule has 7 nitrogen and oxygen atoms in total. The second-order valence-corrected chi connectivity index (χ2v) is 5.66. The Morgan fingerprint density at radius 1 is 1.25 bits per heavy atom. The molecule has 0 bridgehead atoms. The van der Waals surface area contributed by atoms with Crippen LogP contribution in [-0.2, 0) is 11.2 Å². The van der Waals surface area contributed by atoms with Crippen LogP contribution in [0.2, 0.25) is 0 Å². The Labute approximate surface area is 139 Å². The molecule has 1 amide bonds. The summed E-state index contributed by atoms with van der Waals surface area (Å²) in [4.78, 5) is 24.0. The van der Waals surface area contributed by atoms with E-state index in [1.165, 1.54) is 17.7 Å². The molecule has 24 heavy (non-hydrogen) atoms. The highest BCUT2D eigenvalue weighted by atomic mass is 16.6. The van der Waals surface area contributed by atoms with E-state index < -0.39 is 10.8 Å². The monoisotopic (exact) mass is 330 g/mol. The van der Waals surface area contributed by atoms with Crippen LogP contribution in [-0.4, -0.2) is 41.5 Å². The molecule has 1 saturated heterocycles. The fourth-order valence-electron chi connectivity index (χ4n) is 2.75. The smallest absolute Gasteiger partial charge is 0.395 e. The highest BCUT2D eigenvalue weighted by Crippen LogP contribution is 2.19. The maximum Gasteiger partial charge on any atom is 0.433 e. The Morgan fingerprint density at radius 2 is 2.04 bits per heavy atom. The molecule has 7 heteroatoms. The number of nitrogens with zero attached hydrogens (tertiary/aromatic N) is 2. The van der Waals surface area contributed by atoms with Gasteiger partial charge in [-0.15, -0.1) is 0 Å². The second kappa shape index (κ2) is 7.27. The largest absolute Gasteiger partial charge is 0.433 e. The van der Waals surface area contributed by atoms with Gasteiger partial charge in [-0.2, -0.15) is 0 Å². The zero-order valence-corrected chi connectivity index (χ0v) is 13.1. The first-order valence-corrected chi connectivity index (χ1v) is 7.82. The quantitative estimate of drug-likeness (QED) is 0.621. The Hall–Kier alpha value is -2.67. The highest BCUT2D eigenvalue weighted by molar-refractivity contribution is 5.91. The van der Waals surface area contributed by atoms with E-state index in [4.69, 9.17) is 9.15 Å². The molecular formula is C17H18N2O5. The van der Waals surface area contributed by atoms with Crippen LogP contribution in [0.15, 0.2) is 46.9 Å². The first kappa shape index (κ1) is 16.2. The zero-order chi connectivity index (χ0) is 16.9. The molecule has 0 saturated carbocycles. The number of hydrogen-bond donors (Lipinski definition) is 0. The van der Waals surface area contributed by atoms with Gasteiger partial charge in [0.25, 0.3) is 5.91 Å². The SMILES string of the molecule is O=C(c1ccc([N+](=O)[O-])o1)N1CCOC(CCc2ccccc2)C1. The third kappa shape index (κ3) is 3.80. The van der Waals surface area contributed by atoms with Gasteiger partial charge in [-0.3, -0.25) is 14.9 Å². The molecule has 1 aliphatic heterocycles. The summed E-state index contributed by atoms with van der Waals surface area (Å²) in [7, 11) is 0. The molecule has 3 rings (SSSR count). The molecule has 126 valence electrons. The summed E-state index contributed by atoms with van der Waals surface area (Å²) < 4.78 is 10.7. The molecule has 0 aliphatic carbocycles. The lowest BCUT2D eigenvalue weighted by Gasteiger charge is -2.32. The fraction of sp³-hybridized carbons (Fsp3) is 0.353. The number of carbonyl (C=O) groups is 1. The number of nitro groups is 1. The molecule has 0 radical (unpaired) electrons. The van der Waals surface area contributed by atoms with Gasteiger partial charge >= 0.3 is 5.88 Å². The van der Waals surface area contributed by atoms with Crippen molar-refractivity contribution >= 4 is 11.8 Å². The maximum absolute atomic E-state index is 12.4. The summed E-state index contributed by atoms with van der Waals surface area (Å²) in [6.45, 7) is 1.36. The molecule has 2 aromatic rings. The van der Waals surface area contributed by atoms with Crippen LogP contribution in [0.25, 0.3) is 0 Å². The van der Waals surface area contributed by atoms with Crippen LogP contribution in [0.3, 0.4) is 0 Å². The topological polar surface area (TPSA) is 85.8 Å². The van der Waals surface area contributed by atoms with Crippen LogP contribution >= 0.6 is 0 Å². The van der Waals surface area contributed by atoms with Crippen molar-refractivity contribution in [2.24, 2.45) is 0 Å². The molecular weight excluding hydrogens is 312 g/mol. The number of ether oxygens (including phenoxy) is 1. The average molecular weight is 330 g/mol. The maximum atomic E-state index is 12.4. The lowest BCUT2D eigenvalue weighted by Crippen LogP contribution is -2.45. The Bertz CT molecular complexity index is 713. The van der Waals surface area contributed by atoms with Crippen molar-refractivity contribution in [3.8, 4) is 0 Å². The number of amides is 1. The minimum Gasteiger partial charge on any atom is -0.395 e. The van der Waals surface area contributed by atoms with Crippen molar-refractivity contribution in [3.63, 3.8) is 0 Å². The number of morpholine rings is 1. The minimum atomic E-state index is -0.654. The summed E-state index contributed by atoms with van der Waals surface area (Å²) >= 11 is 0. The number of rotatable bonds is 5. The average Bonchev–Trinajstić information content (AvgIpc) is 3.11. The van der Waals surface area contributed by atoms with Gasteiger partial charge in [-0.05, 0) is 24.5 Å². The molecule has 0 N–H and O–H groups in total. The van der Waals surface area contributed by atoms with Gasteiger partial charge in [0.05, 0.1) is 18.8 Å². The Morgan fingerprint density at radius 3 is 2.75 bits per heavy atom. The first-order chi connectivity index (χ1) is 11.6. The molecule has 1 atom stereocenters. The van der Waals surface area contributed by atoms with Crippen LogP contribution in [0.4, 0.5) is 5.88 Å². The molecule has 2 heterocycles.